The van der Waals surface area contributed by atoms with Crippen LogP contribution < -0.4 is 4.74 Å². The minimum Gasteiger partial charge on any atom is -0.493 e. The van der Waals surface area contributed by atoms with Crippen LogP contribution in [0.3, 0.4) is 0 Å². The van der Waals surface area contributed by atoms with E-state index in [1.807, 2.05) is 6.92 Å². The Labute approximate surface area is 223 Å². The molecule has 0 radical (unpaired) electrons. The molecule has 37 heavy (non-hydrogen) atoms. The molecule has 1 N–H and O–H groups in total. The maximum absolute atomic E-state index is 11.5. The zero-order chi connectivity index (χ0) is 26.9. The predicted octanol–water partition coefficient (Wildman–Crippen LogP) is 7.18. The standard InChI is InChI=1S/C33H44O4/c1-6-33(7-2,28-15-14-27(25(4)23-28)18-21-32(35)19-10-11-20-32)29-16-17-30(26(5)24-29)37-22-12-9-13-31(34)36-8-3/h14-17,23-24,35H,6-13,19-20,22H2,1-5H3. The third-order valence-electron chi connectivity index (χ3n) is 7.91. The number of rotatable bonds is 11. The average Bonchev–Trinajstić information content (AvgIpc) is 3.32. The SMILES string of the molecule is CCOC(=O)CCCCOc1ccc(C(CC)(CC)c2ccc(C#CC3(O)CCCC3)c(C)c2)cc1C. The van der Waals surface area contributed by atoms with Gasteiger partial charge in [0.05, 0.1) is 13.2 Å². The number of benzene rings is 2. The molecule has 200 valence electrons. The summed E-state index contributed by atoms with van der Waals surface area (Å²) >= 11 is 0. The lowest BCUT2D eigenvalue weighted by Crippen LogP contribution is -2.26. The first kappa shape index (κ1) is 28.8. The maximum atomic E-state index is 11.5. The third kappa shape index (κ3) is 7.17. The van der Waals surface area contributed by atoms with Gasteiger partial charge in [-0.25, -0.2) is 0 Å². The van der Waals surface area contributed by atoms with Gasteiger partial charge in [0, 0.05) is 17.4 Å². The number of unbranched alkanes of at least 4 members (excludes halogenated alkanes) is 1. The van der Waals surface area contributed by atoms with Gasteiger partial charge < -0.3 is 14.6 Å². The lowest BCUT2D eigenvalue weighted by atomic mass is 9.70. The smallest absolute Gasteiger partial charge is 0.305 e. The molecule has 1 saturated carbocycles. The van der Waals surface area contributed by atoms with E-state index in [0.29, 0.717) is 19.6 Å². The van der Waals surface area contributed by atoms with Crippen molar-refractivity contribution >= 4 is 5.97 Å². The Hall–Kier alpha value is -2.77. The molecular weight excluding hydrogens is 460 g/mol. The van der Waals surface area contributed by atoms with Crippen LogP contribution in [0.1, 0.15) is 106 Å². The topological polar surface area (TPSA) is 55.8 Å². The largest absolute Gasteiger partial charge is 0.493 e. The highest BCUT2D eigenvalue weighted by Crippen LogP contribution is 2.41. The Balaban J connectivity index is 1.74. The Morgan fingerprint density at radius 3 is 2.22 bits per heavy atom. The summed E-state index contributed by atoms with van der Waals surface area (Å²) in [5, 5.41) is 10.6. The fourth-order valence-corrected chi connectivity index (χ4v) is 5.50. The number of hydrogen-bond donors (Lipinski definition) is 1. The van der Waals surface area contributed by atoms with Crippen LogP contribution in [0.15, 0.2) is 36.4 Å². The molecule has 0 saturated heterocycles. The molecule has 0 amide bonds. The van der Waals surface area contributed by atoms with E-state index in [9.17, 15) is 9.90 Å². The summed E-state index contributed by atoms with van der Waals surface area (Å²) in [4.78, 5) is 11.5. The summed E-state index contributed by atoms with van der Waals surface area (Å²) in [6.45, 7) is 11.6. The van der Waals surface area contributed by atoms with E-state index in [0.717, 1.165) is 73.8 Å². The molecule has 0 unspecified atom stereocenters. The molecule has 0 bridgehead atoms. The van der Waals surface area contributed by atoms with Crippen LogP contribution in [0.25, 0.3) is 0 Å². The second kappa shape index (κ2) is 13.2. The van der Waals surface area contributed by atoms with E-state index in [2.05, 4.69) is 75.9 Å². The molecule has 0 atom stereocenters. The maximum Gasteiger partial charge on any atom is 0.305 e. The van der Waals surface area contributed by atoms with Crippen molar-refractivity contribution in [3.05, 3.63) is 64.2 Å². The van der Waals surface area contributed by atoms with Gasteiger partial charge in [0.25, 0.3) is 0 Å². The monoisotopic (exact) mass is 504 g/mol. The number of hydrogen-bond acceptors (Lipinski definition) is 4. The second-order valence-electron chi connectivity index (χ2n) is 10.4. The summed E-state index contributed by atoms with van der Waals surface area (Å²) in [5.74, 6) is 7.17. The van der Waals surface area contributed by atoms with Gasteiger partial charge in [0.2, 0.25) is 0 Å². The number of aryl methyl sites for hydroxylation is 2. The van der Waals surface area contributed by atoms with Crippen molar-refractivity contribution in [3.63, 3.8) is 0 Å². The van der Waals surface area contributed by atoms with Gasteiger partial charge in [-0.05, 0) is 107 Å². The predicted molar refractivity (Wildman–Crippen MR) is 150 cm³/mol. The van der Waals surface area contributed by atoms with Crippen LogP contribution >= 0.6 is 0 Å². The van der Waals surface area contributed by atoms with Crippen molar-refractivity contribution in [2.24, 2.45) is 0 Å². The summed E-state index contributed by atoms with van der Waals surface area (Å²) < 4.78 is 11.0. The Bertz CT molecular complexity index is 1110. The Morgan fingerprint density at radius 2 is 1.62 bits per heavy atom. The van der Waals surface area contributed by atoms with Crippen molar-refractivity contribution in [2.45, 2.75) is 103 Å². The highest BCUT2D eigenvalue weighted by atomic mass is 16.5. The molecule has 2 aromatic carbocycles. The molecule has 3 rings (SSSR count). The first-order valence-electron chi connectivity index (χ1n) is 14.0. The van der Waals surface area contributed by atoms with Gasteiger partial charge in [0.15, 0.2) is 0 Å². The van der Waals surface area contributed by atoms with Crippen molar-refractivity contribution in [1.82, 2.24) is 0 Å². The zero-order valence-corrected chi connectivity index (χ0v) is 23.4. The third-order valence-corrected chi connectivity index (χ3v) is 7.91. The molecule has 2 aromatic rings. The molecular formula is C33H44O4. The van der Waals surface area contributed by atoms with E-state index in [1.54, 1.807) is 0 Å². The lowest BCUT2D eigenvalue weighted by molar-refractivity contribution is -0.143. The highest BCUT2D eigenvalue weighted by Gasteiger charge is 2.32. The molecule has 0 spiro atoms. The van der Waals surface area contributed by atoms with Crippen molar-refractivity contribution in [2.75, 3.05) is 13.2 Å². The molecule has 0 aromatic heterocycles. The molecule has 0 aliphatic heterocycles. The molecule has 1 aliphatic carbocycles. The summed E-state index contributed by atoms with van der Waals surface area (Å²) in [6.07, 6.45) is 7.66. The molecule has 1 aliphatic rings. The molecule has 4 nitrogen and oxygen atoms in total. The van der Waals surface area contributed by atoms with Crippen LogP contribution in [0.5, 0.6) is 5.75 Å². The summed E-state index contributed by atoms with van der Waals surface area (Å²) in [7, 11) is 0. The fraction of sp³-hybridized carbons (Fsp3) is 0.545. The van der Waals surface area contributed by atoms with Crippen LogP contribution in [0.4, 0.5) is 0 Å². The zero-order valence-electron chi connectivity index (χ0n) is 23.4. The Morgan fingerprint density at radius 1 is 0.973 bits per heavy atom. The number of carbonyl (C=O) groups excluding carboxylic acids is 1. The van der Waals surface area contributed by atoms with Gasteiger partial charge in [-0.2, -0.15) is 0 Å². The molecule has 1 fully saturated rings. The van der Waals surface area contributed by atoms with E-state index in [1.165, 1.54) is 11.1 Å². The number of aliphatic hydroxyl groups is 1. The minimum atomic E-state index is -0.816. The summed E-state index contributed by atoms with van der Waals surface area (Å²) in [6, 6.07) is 13.2. The minimum absolute atomic E-state index is 0.0939. The van der Waals surface area contributed by atoms with Crippen molar-refractivity contribution < 1.29 is 19.4 Å². The van der Waals surface area contributed by atoms with Gasteiger partial charge in [0.1, 0.15) is 11.4 Å². The van der Waals surface area contributed by atoms with Crippen LogP contribution in [0, 0.1) is 25.7 Å². The van der Waals surface area contributed by atoms with Gasteiger partial charge >= 0.3 is 5.97 Å². The van der Waals surface area contributed by atoms with E-state index in [-0.39, 0.29) is 11.4 Å². The van der Waals surface area contributed by atoms with Crippen LogP contribution in [-0.4, -0.2) is 29.9 Å². The number of esters is 1. The Kier molecular flexibility index (Phi) is 10.2. The van der Waals surface area contributed by atoms with E-state index >= 15 is 0 Å². The van der Waals surface area contributed by atoms with Crippen molar-refractivity contribution in [1.29, 1.82) is 0 Å². The van der Waals surface area contributed by atoms with Crippen LogP contribution in [-0.2, 0) is 14.9 Å². The summed E-state index contributed by atoms with van der Waals surface area (Å²) in [5.41, 5.74) is 4.95. The van der Waals surface area contributed by atoms with Gasteiger partial charge in [-0.15, -0.1) is 0 Å². The van der Waals surface area contributed by atoms with E-state index in [4.69, 9.17) is 9.47 Å². The van der Waals surface area contributed by atoms with E-state index < -0.39 is 5.60 Å². The number of carbonyl (C=O) groups is 1. The fourth-order valence-electron chi connectivity index (χ4n) is 5.50. The average molecular weight is 505 g/mol. The second-order valence-corrected chi connectivity index (χ2v) is 10.4. The molecule has 0 heterocycles. The first-order valence-corrected chi connectivity index (χ1v) is 14.0. The molecule has 4 heteroatoms. The van der Waals surface area contributed by atoms with Crippen molar-refractivity contribution in [3.8, 4) is 17.6 Å². The number of ether oxygens (including phenoxy) is 2. The lowest BCUT2D eigenvalue weighted by Gasteiger charge is -2.34. The normalized spacial score (nSPS) is 14.6. The van der Waals surface area contributed by atoms with Gasteiger partial charge in [-0.3, -0.25) is 4.79 Å². The van der Waals surface area contributed by atoms with Crippen LogP contribution in [0.2, 0.25) is 0 Å². The highest BCUT2D eigenvalue weighted by molar-refractivity contribution is 5.69. The first-order chi connectivity index (χ1) is 17.8. The quantitative estimate of drug-likeness (QED) is 0.200. The van der Waals surface area contributed by atoms with Gasteiger partial charge in [-0.1, -0.05) is 50.0 Å².